The van der Waals surface area contributed by atoms with Gasteiger partial charge in [-0.05, 0) is 46.1 Å². The molecule has 0 aromatic carbocycles. The highest BCUT2D eigenvalue weighted by atomic mass is 19.1. The number of halogens is 1. The van der Waals surface area contributed by atoms with E-state index in [1.54, 1.807) is 13.8 Å². The van der Waals surface area contributed by atoms with Gasteiger partial charge in [-0.1, -0.05) is 18.3 Å². The summed E-state index contributed by atoms with van der Waals surface area (Å²) < 4.78 is 14.7. The Bertz CT molecular complexity index is 550. The minimum absolute atomic E-state index is 0.128. The highest BCUT2D eigenvalue weighted by Crippen LogP contribution is 2.22. The molecule has 0 aliphatic heterocycles. The molecule has 152 valence electrons. The zero-order valence-electron chi connectivity index (χ0n) is 16.7. The number of unbranched alkanes of at least 4 members (excludes halogenated alkanes) is 1. The molecule has 0 fully saturated rings. The molecule has 27 heavy (non-hydrogen) atoms. The summed E-state index contributed by atoms with van der Waals surface area (Å²) >= 11 is 0. The first-order valence-corrected chi connectivity index (χ1v) is 10.0. The molecular weight excluding hydrogens is 347 g/mol. The van der Waals surface area contributed by atoms with E-state index in [9.17, 15) is 18.8 Å². The van der Waals surface area contributed by atoms with Crippen molar-refractivity contribution in [2.45, 2.75) is 77.3 Å². The first-order valence-electron chi connectivity index (χ1n) is 10.0. The van der Waals surface area contributed by atoms with E-state index in [2.05, 4.69) is 22.1 Å². The summed E-state index contributed by atoms with van der Waals surface area (Å²) in [7, 11) is 0. The van der Waals surface area contributed by atoms with Crippen LogP contribution >= 0.6 is 0 Å². The van der Waals surface area contributed by atoms with E-state index in [-0.39, 0.29) is 18.0 Å². The number of Topliss-reactive ketones (excluding diaryl/α,β-unsaturated/α-hetero) is 2. The predicted octanol–water partition coefficient (Wildman–Crippen LogP) is 2.82. The van der Waals surface area contributed by atoms with Crippen LogP contribution in [0.3, 0.4) is 0 Å². The number of rotatable bonds is 12. The molecule has 0 saturated carbocycles. The van der Waals surface area contributed by atoms with Crippen LogP contribution in [0.15, 0.2) is 0 Å². The normalized spacial score (nSPS) is 19.6. The number of carbonyl (C=O) groups is 3. The van der Waals surface area contributed by atoms with Crippen LogP contribution in [0.2, 0.25) is 0 Å². The molecule has 6 heteroatoms. The Balaban J connectivity index is 2.33. The van der Waals surface area contributed by atoms with E-state index in [1.807, 2.05) is 0 Å². The van der Waals surface area contributed by atoms with Crippen LogP contribution < -0.4 is 5.32 Å². The molecule has 0 spiro atoms. The molecule has 1 atom stereocenters. The van der Waals surface area contributed by atoms with Gasteiger partial charge >= 0.3 is 0 Å². The zero-order chi connectivity index (χ0) is 20.1. The SMILES string of the molecule is CC(=O)CCN(CCCCNC(=O)C1(F)C#CCCCCC1)CCC(C)=O. The molecule has 0 aromatic rings. The van der Waals surface area contributed by atoms with Gasteiger partial charge in [0.2, 0.25) is 5.67 Å². The number of amides is 1. The van der Waals surface area contributed by atoms with Gasteiger partial charge in [-0.3, -0.25) is 14.4 Å². The summed E-state index contributed by atoms with van der Waals surface area (Å²) in [5.41, 5.74) is -2.06. The number of nitrogens with zero attached hydrogens (tertiary/aromatic N) is 1. The molecular formula is C21H33FN2O3. The first-order chi connectivity index (χ1) is 12.8. The lowest BCUT2D eigenvalue weighted by atomic mass is 9.94. The maximum atomic E-state index is 14.7. The molecule has 1 unspecified atom stereocenters. The fourth-order valence-corrected chi connectivity index (χ4v) is 2.96. The van der Waals surface area contributed by atoms with Gasteiger partial charge in [-0.15, -0.1) is 0 Å². The Morgan fingerprint density at radius 2 is 1.67 bits per heavy atom. The van der Waals surface area contributed by atoms with Crippen molar-refractivity contribution in [1.82, 2.24) is 10.2 Å². The summed E-state index contributed by atoms with van der Waals surface area (Å²) in [5.74, 6) is 4.92. The van der Waals surface area contributed by atoms with E-state index in [4.69, 9.17) is 0 Å². The van der Waals surface area contributed by atoms with E-state index in [1.165, 1.54) is 0 Å². The van der Waals surface area contributed by atoms with Crippen molar-refractivity contribution in [3.05, 3.63) is 0 Å². The third-order valence-corrected chi connectivity index (χ3v) is 4.72. The second-order valence-corrected chi connectivity index (χ2v) is 7.37. The summed E-state index contributed by atoms with van der Waals surface area (Å²) in [6.07, 6.45) is 5.83. The lowest BCUT2D eigenvalue weighted by Crippen LogP contribution is -2.43. The van der Waals surface area contributed by atoms with Gasteiger partial charge < -0.3 is 10.2 Å². The fourth-order valence-electron chi connectivity index (χ4n) is 2.96. The van der Waals surface area contributed by atoms with Gasteiger partial charge in [-0.25, -0.2) is 4.39 Å². The van der Waals surface area contributed by atoms with Crippen molar-refractivity contribution in [1.29, 1.82) is 0 Å². The summed E-state index contributed by atoms with van der Waals surface area (Å²) in [4.78, 5) is 36.6. The molecule has 0 heterocycles. The quantitative estimate of drug-likeness (QED) is 0.418. The maximum absolute atomic E-state index is 14.7. The van der Waals surface area contributed by atoms with E-state index >= 15 is 0 Å². The third kappa shape index (κ3) is 10.2. The van der Waals surface area contributed by atoms with E-state index in [0.29, 0.717) is 51.7 Å². The minimum Gasteiger partial charge on any atom is -0.352 e. The van der Waals surface area contributed by atoms with E-state index in [0.717, 1.165) is 25.8 Å². The fraction of sp³-hybridized carbons (Fsp3) is 0.762. The van der Waals surface area contributed by atoms with Crippen LogP contribution in [0.4, 0.5) is 4.39 Å². The van der Waals surface area contributed by atoms with Crippen molar-refractivity contribution in [3.8, 4) is 11.8 Å². The number of ketones is 2. The molecule has 5 nitrogen and oxygen atoms in total. The lowest BCUT2D eigenvalue weighted by Gasteiger charge is -2.22. The molecule has 1 N–H and O–H groups in total. The Kier molecular flexibility index (Phi) is 10.9. The zero-order valence-corrected chi connectivity index (χ0v) is 16.7. The Morgan fingerprint density at radius 3 is 2.30 bits per heavy atom. The van der Waals surface area contributed by atoms with E-state index < -0.39 is 11.6 Å². The molecule has 1 rings (SSSR count). The van der Waals surface area contributed by atoms with Crippen LogP contribution in [0, 0.1) is 11.8 Å². The van der Waals surface area contributed by atoms with Gasteiger partial charge in [0.1, 0.15) is 11.6 Å². The summed E-state index contributed by atoms with van der Waals surface area (Å²) in [6.45, 7) is 5.54. The third-order valence-electron chi connectivity index (χ3n) is 4.72. The second-order valence-electron chi connectivity index (χ2n) is 7.37. The van der Waals surface area contributed by atoms with Crippen LogP contribution in [0.25, 0.3) is 0 Å². The van der Waals surface area contributed by atoms with Gasteiger partial charge in [0, 0.05) is 45.3 Å². The van der Waals surface area contributed by atoms with Crippen LogP contribution in [-0.4, -0.2) is 54.2 Å². The molecule has 1 amide bonds. The van der Waals surface area contributed by atoms with Crippen molar-refractivity contribution in [2.24, 2.45) is 0 Å². The standard InChI is InChI=1S/C21H33FN2O3/c1-18(25)10-16-24(17-11-19(2)26)15-9-8-14-23-20(27)21(22)12-6-4-3-5-7-13-21/h3-6,8-12,14-17H2,1-2H3,(H,23,27). The molecule has 0 aromatic heterocycles. The van der Waals surface area contributed by atoms with Gasteiger partial charge in [-0.2, -0.15) is 0 Å². The number of hydrogen-bond donors (Lipinski definition) is 1. The maximum Gasteiger partial charge on any atom is 0.270 e. The smallest absolute Gasteiger partial charge is 0.270 e. The van der Waals surface area contributed by atoms with Crippen LogP contribution in [0.1, 0.15) is 71.6 Å². The monoisotopic (exact) mass is 380 g/mol. The second kappa shape index (κ2) is 12.6. The molecule has 0 bridgehead atoms. The van der Waals surface area contributed by atoms with Crippen molar-refractivity contribution in [2.75, 3.05) is 26.2 Å². The number of nitrogens with one attached hydrogen (secondary N) is 1. The average molecular weight is 381 g/mol. The van der Waals surface area contributed by atoms with Crippen LogP contribution in [-0.2, 0) is 14.4 Å². The van der Waals surface area contributed by atoms with Gasteiger partial charge in [0.05, 0.1) is 0 Å². The molecule has 0 saturated heterocycles. The summed E-state index contributed by atoms with van der Waals surface area (Å²) in [5, 5.41) is 2.67. The minimum atomic E-state index is -2.06. The Morgan fingerprint density at radius 1 is 1.00 bits per heavy atom. The van der Waals surface area contributed by atoms with Gasteiger partial charge in [0.15, 0.2) is 0 Å². The largest absolute Gasteiger partial charge is 0.352 e. The molecule has 1 aliphatic rings. The predicted molar refractivity (Wildman–Crippen MR) is 104 cm³/mol. The Hall–Kier alpha value is -1.74. The first kappa shape index (κ1) is 23.3. The summed E-state index contributed by atoms with van der Waals surface area (Å²) in [6, 6.07) is 0. The van der Waals surface area contributed by atoms with Crippen LogP contribution in [0.5, 0.6) is 0 Å². The Labute approximate surface area is 162 Å². The topological polar surface area (TPSA) is 66.5 Å². The van der Waals surface area contributed by atoms with Crippen molar-refractivity contribution in [3.63, 3.8) is 0 Å². The number of alkyl halides is 1. The molecule has 1 aliphatic carbocycles. The van der Waals surface area contributed by atoms with Crippen molar-refractivity contribution >= 4 is 17.5 Å². The van der Waals surface area contributed by atoms with Crippen molar-refractivity contribution < 1.29 is 18.8 Å². The highest BCUT2D eigenvalue weighted by Gasteiger charge is 2.36. The van der Waals surface area contributed by atoms with Gasteiger partial charge in [0.25, 0.3) is 5.91 Å². The average Bonchev–Trinajstić information content (AvgIpc) is 2.59. The number of hydrogen-bond acceptors (Lipinski definition) is 4. The highest BCUT2D eigenvalue weighted by molar-refractivity contribution is 5.88. The lowest BCUT2D eigenvalue weighted by molar-refractivity contribution is -0.130. The number of carbonyl (C=O) groups excluding carboxylic acids is 3. The molecule has 0 radical (unpaired) electrons.